The van der Waals surface area contributed by atoms with Gasteiger partial charge >= 0.3 is 0 Å². The van der Waals surface area contributed by atoms with Crippen molar-refractivity contribution >= 4 is 14.5 Å². The van der Waals surface area contributed by atoms with Gasteiger partial charge in [-0.1, -0.05) is 30.3 Å². The summed E-state index contributed by atoms with van der Waals surface area (Å²) in [4.78, 5) is 0. The minimum atomic E-state index is 0.0328. The maximum Gasteiger partial charge on any atom is 0.131 e. The van der Waals surface area contributed by atoms with Crippen LogP contribution < -0.4 is 24.3 Å². The summed E-state index contributed by atoms with van der Waals surface area (Å²) in [6.07, 6.45) is 0.131. The maximum atomic E-state index is 6.24. The lowest BCUT2D eigenvalue weighted by Gasteiger charge is -2.23. The standard InChI is InChI=1S/C30H39O4P/c1-18(2)31-24-14-10-15-25(32-19(3)4)28(24)22-12-9-13-23(30(22)35)29-26(33-20(5)6)16-11-17-27(29)34-21(7)8/h9-21H,35H2,1-8H3. The highest BCUT2D eigenvalue weighted by atomic mass is 31.0. The van der Waals surface area contributed by atoms with E-state index in [2.05, 4.69) is 27.4 Å². The van der Waals surface area contributed by atoms with Gasteiger partial charge in [0, 0.05) is 0 Å². The van der Waals surface area contributed by atoms with Crippen molar-refractivity contribution in [3.05, 3.63) is 54.6 Å². The molecule has 35 heavy (non-hydrogen) atoms. The van der Waals surface area contributed by atoms with Crippen molar-refractivity contribution in [3.63, 3.8) is 0 Å². The molecule has 188 valence electrons. The monoisotopic (exact) mass is 494 g/mol. The number of ether oxygens (including phenoxy) is 4. The lowest BCUT2D eigenvalue weighted by Crippen LogP contribution is -2.13. The number of rotatable bonds is 10. The Bertz CT molecular complexity index is 993. The molecule has 4 nitrogen and oxygen atoms in total. The Morgan fingerprint density at radius 2 is 0.714 bits per heavy atom. The topological polar surface area (TPSA) is 36.9 Å². The average molecular weight is 495 g/mol. The second kappa shape index (κ2) is 11.8. The molecule has 0 heterocycles. The zero-order chi connectivity index (χ0) is 25.7. The first-order valence-electron chi connectivity index (χ1n) is 12.4. The molecule has 1 unspecified atom stereocenters. The molecule has 0 N–H and O–H groups in total. The van der Waals surface area contributed by atoms with Crippen LogP contribution in [0.3, 0.4) is 0 Å². The first-order valence-corrected chi connectivity index (χ1v) is 13.0. The number of hydrogen-bond acceptors (Lipinski definition) is 4. The van der Waals surface area contributed by atoms with Gasteiger partial charge in [-0.3, -0.25) is 0 Å². The van der Waals surface area contributed by atoms with E-state index in [9.17, 15) is 0 Å². The zero-order valence-electron chi connectivity index (χ0n) is 22.2. The van der Waals surface area contributed by atoms with Gasteiger partial charge in [0.2, 0.25) is 0 Å². The van der Waals surface area contributed by atoms with Crippen LogP contribution in [-0.2, 0) is 0 Å². The maximum absolute atomic E-state index is 6.24. The third-order valence-electron chi connectivity index (χ3n) is 5.07. The van der Waals surface area contributed by atoms with Crippen LogP contribution in [-0.4, -0.2) is 24.4 Å². The molecule has 0 radical (unpaired) electrons. The Hall–Kier alpha value is -2.71. The minimum absolute atomic E-state index is 0.0328. The van der Waals surface area contributed by atoms with E-state index in [1.54, 1.807) is 0 Å². The molecule has 3 rings (SSSR count). The van der Waals surface area contributed by atoms with E-state index in [0.29, 0.717) is 0 Å². The molecule has 0 amide bonds. The third kappa shape index (κ3) is 6.70. The largest absolute Gasteiger partial charge is 0.490 e. The molecular weight excluding hydrogens is 455 g/mol. The summed E-state index contributed by atoms with van der Waals surface area (Å²) in [5.74, 6) is 3.18. The summed E-state index contributed by atoms with van der Waals surface area (Å²) in [5.41, 5.74) is 3.93. The van der Waals surface area contributed by atoms with Gasteiger partial charge in [-0.2, -0.15) is 0 Å². The van der Waals surface area contributed by atoms with Gasteiger partial charge < -0.3 is 18.9 Å². The fourth-order valence-electron chi connectivity index (χ4n) is 3.96. The predicted octanol–water partition coefficient (Wildman–Crippen LogP) is 7.67. The SMILES string of the molecule is CC(C)Oc1cccc(OC(C)C)c1-c1cccc(-c2c(OC(C)C)cccc2OC(C)C)c1P. The highest BCUT2D eigenvalue weighted by molar-refractivity contribution is 7.28. The summed E-state index contributed by atoms with van der Waals surface area (Å²) in [5, 5.41) is 1.02. The van der Waals surface area contributed by atoms with Crippen LogP contribution in [0.15, 0.2) is 54.6 Å². The molecule has 0 aliphatic carbocycles. The average Bonchev–Trinajstić information content (AvgIpc) is 2.74. The van der Waals surface area contributed by atoms with Gasteiger partial charge in [0.15, 0.2) is 0 Å². The van der Waals surface area contributed by atoms with Crippen LogP contribution >= 0.6 is 9.24 Å². The van der Waals surface area contributed by atoms with Crippen LogP contribution in [0.1, 0.15) is 55.4 Å². The lowest BCUT2D eigenvalue weighted by molar-refractivity contribution is 0.231. The van der Waals surface area contributed by atoms with Crippen LogP contribution in [0.4, 0.5) is 0 Å². The van der Waals surface area contributed by atoms with Crippen LogP contribution in [0.2, 0.25) is 0 Å². The first kappa shape index (κ1) is 26.9. The van der Waals surface area contributed by atoms with Gasteiger partial charge in [-0.25, -0.2) is 0 Å². The van der Waals surface area contributed by atoms with Gasteiger partial charge in [-0.05, 0) is 96.1 Å². The van der Waals surface area contributed by atoms with Crippen LogP contribution in [0.25, 0.3) is 22.3 Å². The fraction of sp³-hybridized carbons (Fsp3) is 0.400. The van der Waals surface area contributed by atoms with E-state index in [0.717, 1.165) is 50.6 Å². The molecule has 0 bridgehead atoms. The highest BCUT2D eigenvalue weighted by Gasteiger charge is 2.22. The summed E-state index contributed by atoms with van der Waals surface area (Å²) >= 11 is 0. The molecule has 0 fully saturated rings. The van der Waals surface area contributed by atoms with E-state index in [1.165, 1.54) is 0 Å². The molecular formula is C30H39O4P. The molecule has 5 heteroatoms. The molecule has 0 aliphatic rings. The smallest absolute Gasteiger partial charge is 0.131 e. The van der Waals surface area contributed by atoms with Crippen molar-refractivity contribution in [2.75, 3.05) is 0 Å². The van der Waals surface area contributed by atoms with Gasteiger partial charge in [0.1, 0.15) is 23.0 Å². The van der Waals surface area contributed by atoms with Crippen molar-refractivity contribution in [2.45, 2.75) is 79.8 Å². The van der Waals surface area contributed by atoms with Crippen molar-refractivity contribution in [2.24, 2.45) is 0 Å². The summed E-state index contributed by atoms with van der Waals surface area (Å²) in [6, 6.07) is 18.2. The van der Waals surface area contributed by atoms with Gasteiger partial charge in [-0.15, -0.1) is 9.24 Å². The first-order chi connectivity index (χ1) is 16.6. The van der Waals surface area contributed by atoms with E-state index < -0.39 is 0 Å². The van der Waals surface area contributed by atoms with Crippen LogP contribution in [0, 0.1) is 0 Å². The minimum Gasteiger partial charge on any atom is -0.490 e. The predicted molar refractivity (Wildman–Crippen MR) is 150 cm³/mol. The van der Waals surface area contributed by atoms with E-state index in [1.807, 2.05) is 91.8 Å². The number of hydrogen-bond donors (Lipinski definition) is 0. The molecule has 1 atom stereocenters. The van der Waals surface area contributed by atoms with Crippen molar-refractivity contribution < 1.29 is 18.9 Å². The molecule has 0 spiro atoms. The quantitative estimate of drug-likeness (QED) is 0.271. The molecule has 0 aromatic heterocycles. The second-order valence-corrected chi connectivity index (χ2v) is 10.3. The number of benzene rings is 3. The normalized spacial score (nSPS) is 11.5. The van der Waals surface area contributed by atoms with Crippen molar-refractivity contribution in [1.82, 2.24) is 0 Å². The summed E-state index contributed by atoms with van der Waals surface area (Å²) in [7, 11) is 2.94. The summed E-state index contributed by atoms with van der Waals surface area (Å²) < 4.78 is 24.9. The molecule has 0 aliphatic heterocycles. The molecule has 3 aromatic carbocycles. The Morgan fingerprint density at radius 3 is 0.971 bits per heavy atom. The lowest BCUT2D eigenvalue weighted by atomic mass is 9.96. The van der Waals surface area contributed by atoms with Gasteiger partial charge in [0.25, 0.3) is 0 Å². The van der Waals surface area contributed by atoms with E-state index >= 15 is 0 Å². The zero-order valence-corrected chi connectivity index (χ0v) is 23.4. The summed E-state index contributed by atoms with van der Waals surface area (Å²) in [6.45, 7) is 16.3. The second-order valence-electron chi connectivity index (χ2n) is 9.69. The molecule has 3 aromatic rings. The fourth-order valence-corrected chi connectivity index (χ4v) is 4.44. The Balaban J connectivity index is 2.29. The van der Waals surface area contributed by atoms with Crippen LogP contribution in [0.5, 0.6) is 23.0 Å². The van der Waals surface area contributed by atoms with E-state index in [-0.39, 0.29) is 24.4 Å². The van der Waals surface area contributed by atoms with Crippen molar-refractivity contribution in [1.29, 1.82) is 0 Å². The Morgan fingerprint density at radius 1 is 0.457 bits per heavy atom. The van der Waals surface area contributed by atoms with Gasteiger partial charge in [0.05, 0.1) is 35.5 Å². The molecule has 0 saturated heterocycles. The third-order valence-corrected chi connectivity index (χ3v) is 5.69. The van der Waals surface area contributed by atoms with Crippen molar-refractivity contribution in [3.8, 4) is 45.3 Å². The Kier molecular flexibility index (Phi) is 9.08. The highest BCUT2D eigenvalue weighted by Crippen LogP contribution is 2.44. The van der Waals surface area contributed by atoms with E-state index in [4.69, 9.17) is 18.9 Å². The Labute approximate surface area is 213 Å². The molecule has 0 saturated carbocycles.